The number of aromatic nitrogens is 1. The number of halogens is 1. The number of hydrogen-bond donors (Lipinski definition) is 3. The van der Waals surface area contributed by atoms with Crippen LogP contribution in [-0.4, -0.2) is 23.2 Å². The first kappa shape index (κ1) is 18.9. The van der Waals surface area contributed by atoms with Crippen molar-refractivity contribution in [1.29, 1.82) is 0 Å². The molecule has 3 aromatic rings. The Morgan fingerprint density at radius 2 is 1.81 bits per heavy atom. The number of anilines is 3. The Kier molecular flexibility index (Phi) is 6.05. The molecule has 1 aromatic heterocycles. The predicted molar refractivity (Wildman–Crippen MR) is 107 cm³/mol. The van der Waals surface area contributed by atoms with Crippen LogP contribution in [0.1, 0.15) is 10.5 Å². The van der Waals surface area contributed by atoms with Gasteiger partial charge in [0.2, 0.25) is 0 Å². The fraction of sp³-hybridized carbons (Fsp3) is 0.0556. The molecule has 3 amide bonds. The molecule has 0 bridgehead atoms. The van der Waals surface area contributed by atoms with E-state index in [4.69, 9.17) is 0 Å². The first-order valence-corrected chi connectivity index (χ1v) is 9.88. The molecule has 1 heterocycles. The third-order valence-electron chi connectivity index (χ3n) is 3.39. The number of hydrogen-bond acceptors (Lipinski definition) is 5. The van der Waals surface area contributed by atoms with Gasteiger partial charge in [0.15, 0.2) is 5.13 Å². The molecule has 6 nitrogen and oxygen atoms in total. The molecule has 0 radical (unpaired) electrons. The van der Waals surface area contributed by atoms with Gasteiger partial charge in [-0.25, -0.2) is 14.2 Å². The van der Waals surface area contributed by atoms with Crippen LogP contribution >= 0.6 is 23.1 Å². The average Bonchev–Trinajstić information content (AvgIpc) is 3.12. The monoisotopic (exact) mass is 402 g/mol. The van der Waals surface area contributed by atoms with Crippen molar-refractivity contribution in [2.24, 2.45) is 0 Å². The maximum Gasteiger partial charge on any atom is 0.325 e. The Hall–Kier alpha value is -2.91. The van der Waals surface area contributed by atoms with E-state index < -0.39 is 6.03 Å². The highest BCUT2D eigenvalue weighted by Crippen LogP contribution is 2.21. The van der Waals surface area contributed by atoms with Crippen LogP contribution in [0.5, 0.6) is 0 Å². The summed E-state index contributed by atoms with van der Waals surface area (Å²) in [6, 6.07) is 12.3. The van der Waals surface area contributed by atoms with Crippen LogP contribution in [0.3, 0.4) is 0 Å². The number of nitrogens with one attached hydrogen (secondary N) is 3. The van der Waals surface area contributed by atoms with Gasteiger partial charge in [0.05, 0.1) is 0 Å². The van der Waals surface area contributed by atoms with Crippen LogP contribution in [0, 0.1) is 5.82 Å². The minimum absolute atomic E-state index is 0.201. The van der Waals surface area contributed by atoms with E-state index in [1.807, 2.05) is 24.5 Å². The summed E-state index contributed by atoms with van der Waals surface area (Å²) in [4.78, 5) is 29.4. The first-order chi connectivity index (χ1) is 13.0. The van der Waals surface area contributed by atoms with Crippen molar-refractivity contribution in [3.05, 3.63) is 65.4 Å². The lowest BCUT2D eigenvalue weighted by molar-refractivity contribution is 0.102. The summed E-state index contributed by atoms with van der Waals surface area (Å²) < 4.78 is 12.9. The maximum atomic E-state index is 12.9. The van der Waals surface area contributed by atoms with Crippen molar-refractivity contribution < 1.29 is 14.0 Å². The number of benzene rings is 2. The molecule has 0 spiro atoms. The maximum absolute atomic E-state index is 12.9. The van der Waals surface area contributed by atoms with E-state index in [9.17, 15) is 14.0 Å². The molecule has 27 heavy (non-hydrogen) atoms. The Bertz CT molecular complexity index is 960. The molecule has 0 aliphatic heterocycles. The molecule has 2 aromatic carbocycles. The van der Waals surface area contributed by atoms with Crippen molar-refractivity contribution in [2.45, 2.75) is 4.90 Å². The van der Waals surface area contributed by atoms with E-state index in [2.05, 4.69) is 20.9 Å². The molecule has 0 aliphatic rings. The number of thioether (sulfide) groups is 1. The second-order valence-electron chi connectivity index (χ2n) is 5.31. The van der Waals surface area contributed by atoms with Gasteiger partial charge in [0.1, 0.15) is 11.5 Å². The van der Waals surface area contributed by atoms with E-state index in [1.54, 1.807) is 23.2 Å². The van der Waals surface area contributed by atoms with Crippen LogP contribution in [0.25, 0.3) is 0 Å². The van der Waals surface area contributed by atoms with Gasteiger partial charge in [0.25, 0.3) is 5.91 Å². The van der Waals surface area contributed by atoms with Gasteiger partial charge < -0.3 is 10.6 Å². The van der Waals surface area contributed by atoms with E-state index in [0.29, 0.717) is 11.4 Å². The quantitative estimate of drug-likeness (QED) is 0.530. The molecular weight excluding hydrogens is 387 g/mol. The molecule has 9 heteroatoms. The van der Waals surface area contributed by atoms with Crippen LogP contribution in [0.4, 0.5) is 25.7 Å². The summed E-state index contributed by atoms with van der Waals surface area (Å²) in [5.74, 6) is -0.754. The Morgan fingerprint density at radius 3 is 2.56 bits per heavy atom. The second-order valence-corrected chi connectivity index (χ2v) is 7.05. The molecule has 0 atom stereocenters. The molecule has 0 saturated heterocycles. The summed E-state index contributed by atoms with van der Waals surface area (Å²) in [6.45, 7) is 0. The van der Waals surface area contributed by atoms with Crippen molar-refractivity contribution >= 4 is 51.5 Å². The predicted octanol–water partition coefficient (Wildman–Crippen LogP) is 4.90. The standard InChI is InChI=1S/C18H15FN4O2S2/c1-26-14-4-2-3-13(9-14)20-16(24)15-10-27-18(22-15)23-17(25)21-12-7-5-11(19)6-8-12/h2-10H,1H3,(H,20,24)(H2,21,22,23,25). The zero-order valence-electron chi connectivity index (χ0n) is 14.2. The Labute approximate surface area is 163 Å². The summed E-state index contributed by atoms with van der Waals surface area (Å²) in [7, 11) is 0. The van der Waals surface area contributed by atoms with Gasteiger partial charge in [-0.15, -0.1) is 23.1 Å². The van der Waals surface area contributed by atoms with Gasteiger partial charge in [0, 0.05) is 21.7 Å². The van der Waals surface area contributed by atoms with Gasteiger partial charge in [-0.2, -0.15) is 0 Å². The van der Waals surface area contributed by atoms with Crippen molar-refractivity contribution in [3.8, 4) is 0 Å². The lowest BCUT2D eigenvalue weighted by Crippen LogP contribution is -2.19. The lowest BCUT2D eigenvalue weighted by atomic mass is 10.3. The van der Waals surface area contributed by atoms with Gasteiger partial charge in [-0.1, -0.05) is 6.07 Å². The number of carbonyl (C=O) groups excluding carboxylic acids is 2. The highest BCUT2D eigenvalue weighted by molar-refractivity contribution is 7.98. The zero-order valence-corrected chi connectivity index (χ0v) is 15.8. The number of thiazole rings is 1. The van der Waals surface area contributed by atoms with Crippen molar-refractivity contribution in [3.63, 3.8) is 0 Å². The summed E-state index contributed by atoms with van der Waals surface area (Å²) in [5, 5.41) is 9.70. The highest BCUT2D eigenvalue weighted by Gasteiger charge is 2.13. The molecule has 0 saturated carbocycles. The number of urea groups is 1. The smallest absolute Gasteiger partial charge is 0.321 e. The summed E-state index contributed by atoms with van der Waals surface area (Å²) in [5.41, 5.74) is 1.31. The number of rotatable bonds is 5. The molecule has 138 valence electrons. The Morgan fingerprint density at radius 1 is 1.04 bits per heavy atom. The number of amides is 3. The topological polar surface area (TPSA) is 83.1 Å². The largest absolute Gasteiger partial charge is 0.325 e. The van der Waals surface area contributed by atoms with E-state index in [-0.39, 0.29) is 22.5 Å². The minimum Gasteiger partial charge on any atom is -0.321 e. The molecule has 0 unspecified atom stereocenters. The summed E-state index contributed by atoms with van der Waals surface area (Å²) >= 11 is 2.71. The fourth-order valence-corrected chi connectivity index (χ4v) is 3.27. The molecule has 0 fully saturated rings. The second kappa shape index (κ2) is 8.65. The van der Waals surface area contributed by atoms with Gasteiger partial charge in [-0.3, -0.25) is 10.1 Å². The van der Waals surface area contributed by atoms with Crippen LogP contribution in [0.2, 0.25) is 0 Å². The molecule has 0 aliphatic carbocycles. The Balaban J connectivity index is 1.59. The summed E-state index contributed by atoms with van der Waals surface area (Å²) in [6.07, 6.45) is 1.95. The van der Waals surface area contributed by atoms with Crippen LogP contribution in [-0.2, 0) is 0 Å². The minimum atomic E-state index is -0.532. The number of carbonyl (C=O) groups is 2. The van der Waals surface area contributed by atoms with Crippen LogP contribution < -0.4 is 16.0 Å². The molecule has 3 N–H and O–H groups in total. The zero-order chi connectivity index (χ0) is 19.2. The third kappa shape index (κ3) is 5.28. The van der Waals surface area contributed by atoms with Crippen molar-refractivity contribution in [2.75, 3.05) is 22.2 Å². The normalized spacial score (nSPS) is 10.3. The van der Waals surface area contributed by atoms with Gasteiger partial charge >= 0.3 is 6.03 Å². The molecular formula is C18H15FN4O2S2. The number of nitrogens with zero attached hydrogens (tertiary/aromatic N) is 1. The highest BCUT2D eigenvalue weighted by atomic mass is 32.2. The first-order valence-electron chi connectivity index (χ1n) is 7.78. The SMILES string of the molecule is CSc1cccc(NC(=O)c2csc(NC(=O)Nc3ccc(F)cc3)n2)c1. The molecule has 3 rings (SSSR count). The van der Waals surface area contributed by atoms with E-state index in [1.165, 1.54) is 24.3 Å². The van der Waals surface area contributed by atoms with E-state index >= 15 is 0 Å². The van der Waals surface area contributed by atoms with Crippen molar-refractivity contribution in [1.82, 2.24) is 4.98 Å². The van der Waals surface area contributed by atoms with E-state index in [0.717, 1.165) is 16.2 Å². The van der Waals surface area contributed by atoms with Crippen LogP contribution in [0.15, 0.2) is 58.8 Å². The third-order valence-corrected chi connectivity index (χ3v) is 4.87. The lowest BCUT2D eigenvalue weighted by Gasteiger charge is -2.05. The average molecular weight is 402 g/mol. The van der Waals surface area contributed by atoms with Gasteiger partial charge in [-0.05, 0) is 48.7 Å². The fourth-order valence-electron chi connectivity index (χ4n) is 2.12.